The predicted octanol–water partition coefficient (Wildman–Crippen LogP) is 2.74. The lowest BCUT2D eigenvalue weighted by Gasteiger charge is -2.34. The predicted molar refractivity (Wildman–Crippen MR) is 80.5 cm³/mol. The molecular weight excluding hydrogens is 272 g/mol. The van der Waals surface area contributed by atoms with Crippen molar-refractivity contribution >= 4 is 17.5 Å². The van der Waals surface area contributed by atoms with E-state index in [4.69, 9.17) is 17.3 Å². The molecule has 3 nitrogen and oxygen atoms in total. The van der Waals surface area contributed by atoms with Gasteiger partial charge in [-0.2, -0.15) is 0 Å². The highest BCUT2D eigenvalue weighted by Gasteiger charge is 2.30. The van der Waals surface area contributed by atoms with Crippen molar-refractivity contribution in [2.45, 2.75) is 44.7 Å². The molecule has 0 bridgehead atoms. The molecule has 1 saturated carbocycles. The molecule has 1 heterocycles. The first-order valence-corrected chi connectivity index (χ1v) is 7.83. The smallest absolute Gasteiger partial charge is 0.226 e. The number of rotatable bonds is 1. The molecule has 1 aliphatic heterocycles. The Kier molecular flexibility index (Phi) is 3.99. The van der Waals surface area contributed by atoms with Crippen LogP contribution >= 0.6 is 11.6 Å². The minimum Gasteiger partial charge on any atom is -0.338 e. The van der Waals surface area contributed by atoms with Gasteiger partial charge in [-0.05, 0) is 42.9 Å². The summed E-state index contributed by atoms with van der Waals surface area (Å²) in [4.78, 5) is 14.6. The van der Waals surface area contributed by atoms with Crippen LogP contribution in [0.5, 0.6) is 0 Å². The molecule has 3 rings (SSSR count). The molecule has 4 heteroatoms. The maximum atomic E-state index is 12.6. The van der Waals surface area contributed by atoms with Crippen molar-refractivity contribution in [2.75, 3.05) is 6.54 Å². The van der Waals surface area contributed by atoms with E-state index in [0.717, 1.165) is 43.7 Å². The molecule has 0 radical (unpaired) electrons. The van der Waals surface area contributed by atoms with Crippen molar-refractivity contribution in [3.63, 3.8) is 0 Å². The van der Waals surface area contributed by atoms with Gasteiger partial charge in [0.25, 0.3) is 0 Å². The van der Waals surface area contributed by atoms with Crippen LogP contribution in [0.2, 0.25) is 5.02 Å². The number of amides is 1. The maximum Gasteiger partial charge on any atom is 0.226 e. The second kappa shape index (κ2) is 5.74. The lowest BCUT2D eigenvalue weighted by molar-refractivity contribution is -0.137. The summed E-state index contributed by atoms with van der Waals surface area (Å²) in [5.74, 6) is 0.408. The van der Waals surface area contributed by atoms with Gasteiger partial charge in [-0.3, -0.25) is 4.79 Å². The van der Waals surface area contributed by atoms with Gasteiger partial charge in [0.05, 0.1) is 0 Å². The SMILES string of the molecule is NC1CCCC(C(=O)N2CCc3c(Cl)cccc3C2)C1. The van der Waals surface area contributed by atoms with Crippen LogP contribution in [0.3, 0.4) is 0 Å². The van der Waals surface area contributed by atoms with Gasteiger partial charge in [0.2, 0.25) is 5.91 Å². The summed E-state index contributed by atoms with van der Waals surface area (Å²) in [6.07, 6.45) is 4.83. The first-order chi connectivity index (χ1) is 9.65. The van der Waals surface area contributed by atoms with Crippen molar-refractivity contribution in [1.29, 1.82) is 0 Å². The number of benzene rings is 1. The second-order valence-corrected chi connectivity index (χ2v) is 6.42. The molecule has 108 valence electrons. The zero-order valence-corrected chi connectivity index (χ0v) is 12.4. The van der Waals surface area contributed by atoms with Crippen LogP contribution in [0.4, 0.5) is 0 Å². The Balaban J connectivity index is 1.72. The summed E-state index contributed by atoms with van der Waals surface area (Å²) in [5, 5.41) is 0.828. The van der Waals surface area contributed by atoms with Gasteiger partial charge in [-0.1, -0.05) is 30.2 Å². The quantitative estimate of drug-likeness (QED) is 0.865. The highest BCUT2D eigenvalue weighted by atomic mass is 35.5. The number of hydrogen-bond acceptors (Lipinski definition) is 2. The van der Waals surface area contributed by atoms with E-state index >= 15 is 0 Å². The van der Waals surface area contributed by atoms with E-state index < -0.39 is 0 Å². The highest BCUT2D eigenvalue weighted by molar-refractivity contribution is 6.31. The van der Waals surface area contributed by atoms with E-state index in [9.17, 15) is 4.79 Å². The Hall–Kier alpha value is -1.06. The molecule has 2 N–H and O–H groups in total. The summed E-state index contributed by atoms with van der Waals surface area (Å²) in [7, 11) is 0. The van der Waals surface area contributed by atoms with Gasteiger partial charge < -0.3 is 10.6 Å². The average Bonchev–Trinajstić information content (AvgIpc) is 2.46. The Morgan fingerprint density at radius 2 is 2.20 bits per heavy atom. The van der Waals surface area contributed by atoms with Crippen molar-refractivity contribution in [1.82, 2.24) is 4.90 Å². The standard InChI is InChI=1S/C16H21ClN2O/c17-15-6-2-4-12-10-19(8-7-14(12)15)16(20)11-3-1-5-13(18)9-11/h2,4,6,11,13H,1,3,5,7-10,18H2. The summed E-state index contributed by atoms with van der Waals surface area (Å²) in [5.41, 5.74) is 8.40. The first kappa shape index (κ1) is 13.9. The fraction of sp³-hybridized carbons (Fsp3) is 0.562. The molecule has 0 saturated heterocycles. The van der Waals surface area contributed by atoms with E-state index in [-0.39, 0.29) is 17.9 Å². The van der Waals surface area contributed by atoms with Crippen LogP contribution in [0.15, 0.2) is 18.2 Å². The summed E-state index contributed by atoms with van der Waals surface area (Å²) in [6, 6.07) is 6.17. The Morgan fingerprint density at radius 3 is 3.00 bits per heavy atom. The Morgan fingerprint density at radius 1 is 1.35 bits per heavy atom. The van der Waals surface area contributed by atoms with E-state index in [2.05, 4.69) is 6.07 Å². The zero-order chi connectivity index (χ0) is 14.1. The molecule has 0 spiro atoms. The van der Waals surface area contributed by atoms with Gasteiger partial charge in [0, 0.05) is 30.1 Å². The molecule has 2 unspecified atom stereocenters. The number of carbonyl (C=O) groups excluding carboxylic acids is 1. The van der Waals surface area contributed by atoms with Crippen molar-refractivity contribution in [3.05, 3.63) is 34.3 Å². The van der Waals surface area contributed by atoms with Gasteiger partial charge in [0.15, 0.2) is 0 Å². The molecule has 1 aromatic carbocycles. The third-order valence-electron chi connectivity index (χ3n) is 4.58. The Bertz CT molecular complexity index is 517. The molecular formula is C16H21ClN2O. The number of nitrogens with zero attached hydrogens (tertiary/aromatic N) is 1. The summed E-state index contributed by atoms with van der Waals surface area (Å²) in [6.45, 7) is 1.47. The van der Waals surface area contributed by atoms with Crippen LogP contribution in [-0.2, 0) is 17.8 Å². The van der Waals surface area contributed by atoms with Gasteiger partial charge in [0.1, 0.15) is 0 Å². The number of fused-ring (bicyclic) bond motifs is 1. The fourth-order valence-electron chi connectivity index (χ4n) is 3.46. The topological polar surface area (TPSA) is 46.3 Å². The van der Waals surface area contributed by atoms with Crippen LogP contribution < -0.4 is 5.73 Å². The van der Waals surface area contributed by atoms with E-state index in [1.54, 1.807) is 0 Å². The third-order valence-corrected chi connectivity index (χ3v) is 4.94. The van der Waals surface area contributed by atoms with E-state index in [1.807, 2.05) is 17.0 Å². The summed E-state index contributed by atoms with van der Waals surface area (Å²) < 4.78 is 0. The summed E-state index contributed by atoms with van der Waals surface area (Å²) >= 11 is 6.22. The van der Waals surface area contributed by atoms with Gasteiger partial charge in [-0.25, -0.2) is 0 Å². The molecule has 1 aromatic rings. The minimum absolute atomic E-state index is 0.125. The van der Waals surface area contributed by atoms with Crippen LogP contribution in [0, 0.1) is 5.92 Å². The molecule has 1 fully saturated rings. The van der Waals surface area contributed by atoms with Crippen LogP contribution in [0.1, 0.15) is 36.8 Å². The largest absolute Gasteiger partial charge is 0.338 e. The van der Waals surface area contributed by atoms with Crippen molar-refractivity contribution < 1.29 is 4.79 Å². The molecule has 20 heavy (non-hydrogen) atoms. The van der Waals surface area contributed by atoms with Crippen molar-refractivity contribution in [2.24, 2.45) is 11.7 Å². The van der Waals surface area contributed by atoms with E-state index in [0.29, 0.717) is 6.54 Å². The normalized spacial score (nSPS) is 26.2. The van der Waals surface area contributed by atoms with Gasteiger partial charge >= 0.3 is 0 Å². The minimum atomic E-state index is 0.125. The first-order valence-electron chi connectivity index (χ1n) is 7.46. The molecule has 2 aliphatic rings. The van der Waals surface area contributed by atoms with Crippen molar-refractivity contribution in [3.8, 4) is 0 Å². The second-order valence-electron chi connectivity index (χ2n) is 6.01. The Labute approximate surface area is 125 Å². The molecule has 1 aliphatic carbocycles. The lowest BCUT2D eigenvalue weighted by Crippen LogP contribution is -2.42. The monoisotopic (exact) mass is 292 g/mol. The molecule has 0 aromatic heterocycles. The number of halogens is 1. The number of hydrogen-bond donors (Lipinski definition) is 1. The molecule has 2 atom stereocenters. The lowest BCUT2D eigenvalue weighted by atomic mass is 9.84. The van der Waals surface area contributed by atoms with Crippen LogP contribution in [0.25, 0.3) is 0 Å². The molecule has 1 amide bonds. The average molecular weight is 293 g/mol. The number of carbonyl (C=O) groups is 1. The van der Waals surface area contributed by atoms with Crippen LogP contribution in [-0.4, -0.2) is 23.4 Å². The maximum absolute atomic E-state index is 12.6. The fourth-order valence-corrected chi connectivity index (χ4v) is 3.75. The number of nitrogens with two attached hydrogens (primary N) is 1. The third kappa shape index (κ3) is 2.70. The van der Waals surface area contributed by atoms with Gasteiger partial charge in [-0.15, -0.1) is 0 Å². The van der Waals surface area contributed by atoms with E-state index in [1.165, 1.54) is 11.1 Å². The zero-order valence-electron chi connectivity index (χ0n) is 11.6. The highest BCUT2D eigenvalue weighted by Crippen LogP contribution is 2.29.